The number of nitrogen functional groups attached to an aromatic ring is 1. The number of hydrogen-bond acceptors (Lipinski definition) is 7. The number of likely N-dealkylation sites (tertiary alicyclic amines) is 1. The van der Waals surface area contributed by atoms with Gasteiger partial charge in [0.05, 0.1) is 32.8 Å². The summed E-state index contributed by atoms with van der Waals surface area (Å²) in [7, 11) is 0. The van der Waals surface area contributed by atoms with Gasteiger partial charge in [-0.3, -0.25) is 19.8 Å². The van der Waals surface area contributed by atoms with E-state index in [0.29, 0.717) is 24.3 Å². The number of amides is 3. The zero-order valence-electron chi connectivity index (χ0n) is 23.0. The van der Waals surface area contributed by atoms with Crippen LogP contribution in [-0.4, -0.2) is 66.6 Å². The molecule has 2 aliphatic rings. The molecule has 0 aliphatic carbocycles. The Kier molecular flexibility index (Phi) is 8.20. The van der Waals surface area contributed by atoms with Gasteiger partial charge in [0.1, 0.15) is 11.9 Å². The second kappa shape index (κ2) is 11.8. The van der Waals surface area contributed by atoms with Gasteiger partial charge >= 0.3 is 0 Å². The Morgan fingerprint density at radius 2 is 1.73 bits per heavy atom. The fraction of sp³-hybridized carbons (Fsp3) is 0.333. The van der Waals surface area contributed by atoms with Crippen molar-refractivity contribution in [2.75, 3.05) is 26.3 Å². The Morgan fingerprint density at radius 1 is 1.05 bits per heavy atom. The fourth-order valence-electron chi connectivity index (χ4n) is 5.37. The lowest BCUT2D eigenvalue weighted by atomic mass is 9.95. The van der Waals surface area contributed by atoms with Crippen LogP contribution in [0.5, 0.6) is 0 Å². The molecule has 0 bridgehead atoms. The number of aryl methyl sites for hydroxylation is 2. The van der Waals surface area contributed by atoms with Crippen molar-refractivity contribution >= 4 is 34.9 Å². The molecule has 214 valence electrons. The van der Waals surface area contributed by atoms with Gasteiger partial charge in [-0.05, 0) is 54.3 Å². The number of ether oxygens (including phenoxy) is 2. The lowest BCUT2D eigenvalue weighted by molar-refractivity contribution is -0.152. The second-order valence-electron chi connectivity index (χ2n) is 10.3. The highest BCUT2D eigenvalue weighted by Crippen LogP contribution is 2.35. The van der Waals surface area contributed by atoms with Crippen molar-refractivity contribution in [3.05, 3.63) is 81.0 Å². The third kappa shape index (κ3) is 6.17. The molecule has 0 saturated carbocycles. The second-order valence-corrected chi connectivity index (χ2v) is 11.3. The van der Waals surface area contributed by atoms with E-state index in [1.54, 1.807) is 23.6 Å². The topological polar surface area (TPSA) is 147 Å². The lowest BCUT2D eigenvalue weighted by Gasteiger charge is -2.24. The zero-order valence-corrected chi connectivity index (χ0v) is 23.8. The predicted octanol–water partition coefficient (Wildman–Crippen LogP) is 2.71. The summed E-state index contributed by atoms with van der Waals surface area (Å²) in [6.07, 6.45) is 0.196. The van der Waals surface area contributed by atoms with Gasteiger partial charge in [-0.2, -0.15) is 0 Å². The molecule has 1 spiro atoms. The highest BCUT2D eigenvalue weighted by atomic mass is 32.1. The van der Waals surface area contributed by atoms with E-state index in [1.807, 2.05) is 18.2 Å². The van der Waals surface area contributed by atoms with Gasteiger partial charge < -0.3 is 30.7 Å². The van der Waals surface area contributed by atoms with Gasteiger partial charge in [0.25, 0.3) is 5.91 Å². The van der Waals surface area contributed by atoms with Gasteiger partial charge in [-0.1, -0.05) is 30.3 Å². The van der Waals surface area contributed by atoms with Gasteiger partial charge in [-0.25, -0.2) is 0 Å². The molecule has 2 aromatic carbocycles. The summed E-state index contributed by atoms with van der Waals surface area (Å²) in [5.74, 6) is -2.20. The van der Waals surface area contributed by atoms with Crippen LogP contribution in [0.4, 0.5) is 0 Å². The molecule has 2 saturated heterocycles. The molecule has 3 heterocycles. The average Bonchev–Trinajstić information content (AvgIpc) is 3.71. The third-order valence-electron chi connectivity index (χ3n) is 7.45. The standard InChI is InChI=1S/C30H33N5O5S/c1-18-4-3-5-19(2)26(18)20-6-8-21(9-7-20)28(37)34-15-25(36)35-17-30(39-10-11-40-30)13-24(35)29(38)33-14-23-12-22(16-41-23)27(31)32/h3-9,12,16,24H,10-11,13-15,17H2,1-2H3,(H3,31,32)(H,33,38)(H,34,37). The molecule has 1 unspecified atom stereocenters. The van der Waals surface area contributed by atoms with Crippen LogP contribution < -0.4 is 16.4 Å². The molecule has 3 amide bonds. The SMILES string of the molecule is Cc1cccc(C)c1-c1ccc(C(=O)NCC(=O)N2CC3(CC2C(=O)NCc2cc(C(=N)N)cs2)OCCO3)cc1. The lowest BCUT2D eigenvalue weighted by Crippen LogP contribution is -2.49. The molecule has 1 atom stereocenters. The van der Waals surface area contributed by atoms with Crippen molar-refractivity contribution in [3.8, 4) is 11.1 Å². The summed E-state index contributed by atoms with van der Waals surface area (Å²) < 4.78 is 11.6. The van der Waals surface area contributed by atoms with Crippen molar-refractivity contribution < 1.29 is 23.9 Å². The monoisotopic (exact) mass is 575 g/mol. The number of nitrogens with two attached hydrogens (primary N) is 1. The summed E-state index contributed by atoms with van der Waals surface area (Å²) in [5, 5.41) is 14.9. The average molecular weight is 576 g/mol. The van der Waals surface area contributed by atoms with Crippen molar-refractivity contribution in [1.29, 1.82) is 5.41 Å². The fourth-order valence-corrected chi connectivity index (χ4v) is 6.19. The Labute approximate surface area is 242 Å². The van der Waals surface area contributed by atoms with Crippen LogP contribution in [0.15, 0.2) is 53.9 Å². The molecule has 3 aromatic rings. The van der Waals surface area contributed by atoms with Crippen LogP contribution >= 0.6 is 11.3 Å². The van der Waals surface area contributed by atoms with Crippen LogP contribution in [0.25, 0.3) is 11.1 Å². The Bertz CT molecular complexity index is 1460. The van der Waals surface area contributed by atoms with Crippen molar-refractivity contribution in [1.82, 2.24) is 15.5 Å². The molecule has 5 rings (SSSR count). The molecule has 2 aliphatic heterocycles. The number of benzene rings is 2. The van der Waals surface area contributed by atoms with E-state index in [0.717, 1.165) is 27.1 Å². The van der Waals surface area contributed by atoms with Gasteiger partial charge in [0.15, 0.2) is 5.79 Å². The molecule has 11 heteroatoms. The number of nitrogens with zero attached hydrogens (tertiary/aromatic N) is 1. The molecule has 1 aromatic heterocycles. The quantitative estimate of drug-likeness (QED) is 0.240. The third-order valence-corrected chi connectivity index (χ3v) is 8.38. The van der Waals surface area contributed by atoms with Crippen LogP contribution in [0.3, 0.4) is 0 Å². The minimum atomic E-state index is -1.03. The first kappa shape index (κ1) is 28.5. The predicted molar refractivity (Wildman–Crippen MR) is 156 cm³/mol. The molecule has 41 heavy (non-hydrogen) atoms. The Morgan fingerprint density at radius 3 is 2.37 bits per heavy atom. The van der Waals surface area contributed by atoms with E-state index in [2.05, 4.69) is 36.6 Å². The highest BCUT2D eigenvalue weighted by molar-refractivity contribution is 7.10. The summed E-state index contributed by atoms with van der Waals surface area (Å²) >= 11 is 1.39. The first-order valence-electron chi connectivity index (χ1n) is 13.4. The number of rotatable bonds is 8. The van der Waals surface area contributed by atoms with Crippen molar-refractivity contribution in [2.24, 2.45) is 5.73 Å². The molecular weight excluding hydrogens is 542 g/mol. The van der Waals surface area contributed by atoms with Crippen LogP contribution in [0, 0.1) is 19.3 Å². The maximum absolute atomic E-state index is 13.3. The first-order chi connectivity index (χ1) is 19.7. The number of thiophene rings is 1. The van der Waals surface area contributed by atoms with Crippen LogP contribution in [0.1, 0.15) is 38.3 Å². The van der Waals surface area contributed by atoms with E-state index in [9.17, 15) is 14.4 Å². The number of carbonyl (C=O) groups excluding carboxylic acids is 3. The molecule has 5 N–H and O–H groups in total. The smallest absolute Gasteiger partial charge is 0.251 e. The maximum Gasteiger partial charge on any atom is 0.251 e. The van der Waals surface area contributed by atoms with Gasteiger partial charge in [0.2, 0.25) is 11.8 Å². The minimum absolute atomic E-state index is 0.0387. The maximum atomic E-state index is 13.3. The largest absolute Gasteiger partial charge is 0.384 e. The summed E-state index contributed by atoms with van der Waals surface area (Å²) in [6.45, 7) is 4.93. The normalized spacial score (nSPS) is 17.5. The number of nitrogens with one attached hydrogen (secondary N) is 3. The Balaban J connectivity index is 1.22. The summed E-state index contributed by atoms with van der Waals surface area (Å²) in [6, 6.07) is 14.3. The van der Waals surface area contributed by atoms with E-state index in [-0.39, 0.29) is 43.7 Å². The minimum Gasteiger partial charge on any atom is -0.384 e. The molecular formula is C30H33N5O5S. The van der Waals surface area contributed by atoms with E-state index in [1.165, 1.54) is 16.2 Å². The van der Waals surface area contributed by atoms with E-state index in [4.69, 9.17) is 20.6 Å². The zero-order chi connectivity index (χ0) is 29.1. The molecule has 2 fully saturated rings. The van der Waals surface area contributed by atoms with Crippen LogP contribution in [-0.2, 0) is 25.6 Å². The summed E-state index contributed by atoms with van der Waals surface area (Å²) in [4.78, 5) is 41.6. The molecule has 0 radical (unpaired) electrons. The number of amidine groups is 1. The van der Waals surface area contributed by atoms with E-state index >= 15 is 0 Å². The highest BCUT2D eigenvalue weighted by Gasteiger charge is 2.52. The van der Waals surface area contributed by atoms with Crippen LogP contribution in [0.2, 0.25) is 0 Å². The first-order valence-corrected chi connectivity index (χ1v) is 14.3. The number of hydrogen-bond donors (Lipinski definition) is 4. The van der Waals surface area contributed by atoms with Gasteiger partial charge in [-0.15, -0.1) is 11.3 Å². The summed E-state index contributed by atoms with van der Waals surface area (Å²) in [5.41, 5.74) is 11.0. The van der Waals surface area contributed by atoms with Crippen molar-refractivity contribution in [2.45, 2.75) is 38.6 Å². The van der Waals surface area contributed by atoms with Crippen molar-refractivity contribution in [3.63, 3.8) is 0 Å². The number of carbonyl (C=O) groups is 3. The molecule has 10 nitrogen and oxygen atoms in total. The van der Waals surface area contributed by atoms with E-state index < -0.39 is 17.7 Å². The van der Waals surface area contributed by atoms with Gasteiger partial charge in [0, 0.05) is 27.8 Å². The Hall–Kier alpha value is -4.06.